The Labute approximate surface area is 204 Å². The predicted octanol–water partition coefficient (Wildman–Crippen LogP) is -0.648. The zero-order valence-electron chi connectivity index (χ0n) is 20.2. The molecule has 35 heavy (non-hydrogen) atoms. The number of carbonyl (C=O) groups excluding carboxylic acids is 2. The van der Waals surface area contributed by atoms with Crippen molar-refractivity contribution in [3.8, 4) is 5.75 Å². The second-order valence-electron chi connectivity index (χ2n) is 8.81. The normalized spacial score (nSPS) is 19.8. The molecule has 14 heteroatoms. The summed E-state index contributed by atoms with van der Waals surface area (Å²) < 4.78 is 32.8. The Morgan fingerprint density at radius 1 is 1.40 bits per heavy atom. The maximum absolute atomic E-state index is 13.2. The Balaban J connectivity index is 1.91. The summed E-state index contributed by atoms with van der Waals surface area (Å²) in [7, 11) is -1.98. The largest absolute Gasteiger partial charge is 0.488 e. The number of nitrogens with zero attached hydrogens (tertiary/aromatic N) is 6. The summed E-state index contributed by atoms with van der Waals surface area (Å²) in [6.07, 6.45) is 1.86. The van der Waals surface area contributed by atoms with Crippen LogP contribution in [0.4, 0.5) is 5.69 Å². The molecule has 0 bridgehead atoms. The molecule has 0 saturated carbocycles. The lowest BCUT2D eigenvalue weighted by Crippen LogP contribution is -2.48. The SMILES string of the molecule is C[C@H](CO)N1C[C@H](C)[C@@H](CN(C)S(C)(=O)=O)Oc2ccc(NC(=O)Cn3cnnn3)cc2CC1=O. The van der Waals surface area contributed by atoms with E-state index >= 15 is 0 Å². The molecule has 3 rings (SSSR count). The first kappa shape index (κ1) is 26.5. The van der Waals surface area contributed by atoms with Crippen LogP contribution in [0, 0.1) is 5.92 Å². The molecule has 1 aromatic carbocycles. The molecule has 1 aliphatic heterocycles. The molecule has 2 amide bonds. The number of hydrogen-bond acceptors (Lipinski definition) is 9. The number of sulfonamides is 1. The van der Waals surface area contributed by atoms with E-state index in [-0.39, 0.29) is 50.4 Å². The Morgan fingerprint density at radius 2 is 2.14 bits per heavy atom. The van der Waals surface area contributed by atoms with Gasteiger partial charge in [-0.1, -0.05) is 6.92 Å². The van der Waals surface area contributed by atoms with Crippen molar-refractivity contribution in [1.29, 1.82) is 0 Å². The molecule has 0 aliphatic carbocycles. The van der Waals surface area contributed by atoms with Crippen LogP contribution < -0.4 is 10.1 Å². The molecule has 0 saturated heterocycles. The number of likely N-dealkylation sites (N-methyl/N-ethyl adjacent to an activating group) is 1. The lowest BCUT2D eigenvalue weighted by atomic mass is 10.0. The van der Waals surface area contributed by atoms with E-state index in [1.165, 1.54) is 22.4 Å². The van der Waals surface area contributed by atoms with E-state index in [9.17, 15) is 23.1 Å². The second-order valence-corrected chi connectivity index (χ2v) is 10.9. The molecule has 0 radical (unpaired) electrons. The van der Waals surface area contributed by atoms with E-state index in [4.69, 9.17) is 4.74 Å². The average molecular weight is 510 g/mol. The van der Waals surface area contributed by atoms with Gasteiger partial charge in [-0.2, -0.15) is 0 Å². The molecular formula is C21H31N7O6S. The molecule has 2 aromatic rings. The van der Waals surface area contributed by atoms with Gasteiger partial charge in [-0.05, 0) is 35.5 Å². The summed E-state index contributed by atoms with van der Waals surface area (Å²) >= 11 is 0. The minimum Gasteiger partial charge on any atom is -0.488 e. The fraction of sp³-hybridized carbons (Fsp3) is 0.571. The first-order valence-corrected chi connectivity index (χ1v) is 12.9. The number of ether oxygens (including phenoxy) is 1. The maximum atomic E-state index is 13.2. The number of rotatable bonds is 8. The van der Waals surface area contributed by atoms with Gasteiger partial charge in [0.2, 0.25) is 21.8 Å². The molecule has 2 N–H and O–H groups in total. The zero-order valence-corrected chi connectivity index (χ0v) is 21.0. The number of benzene rings is 1. The summed E-state index contributed by atoms with van der Waals surface area (Å²) in [6.45, 7) is 3.69. The van der Waals surface area contributed by atoms with Gasteiger partial charge in [0.15, 0.2) is 0 Å². The number of amides is 2. The Kier molecular flexibility index (Phi) is 8.40. The number of nitrogens with one attached hydrogen (secondary N) is 1. The Morgan fingerprint density at radius 3 is 2.77 bits per heavy atom. The van der Waals surface area contributed by atoms with Crippen molar-refractivity contribution < 1.29 is 27.9 Å². The fourth-order valence-corrected chi connectivity index (χ4v) is 4.13. The molecule has 13 nitrogen and oxygen atoms in total. The van der Waals surface area contributed by atoms with Gasteiger partial charge < -0.3 is 20.1 Å². The van der Waals surface area contributed by atoms with Crippen LogP contribution in [-0.4, -0.2) is 99.9 Å². The van der Waals surface area contributed by atoms with Gasteiger partial charge in [-0.3, -0.25) is 9.59 Å². The van der Waals surface area contributed by atoms with Crippen LogP contribution >= 0.6 is 0 Å². The number of aliphatic hydroxyl groups is 1. The van der Waals surface area contributed by atoms with E-state index in [0.717, 1.165) is 6.26 Å². The van der Waals surface area contributed by atoms with Crippen LogP contribution in [0.5, 0.6) is 5.75 Å². The molecule has 192 valence electrons. The van der Waals surface area contributed by atoms with Crippen molar-refractivity contribution >= 4 is 27.5 Å². The van der Waals surface area contributed by atoms with E-state index in [2.05, 4.69) is 20.8 Å². The minimum absolute atomic E-state index is 0.0161. The highest BCUT2D eigenvalue weighted by Crippen LogP contribution is 2.29. The van der Waals surface area contributed by atoms with Crippen molar-refractivity contribution in [1.82, 2.24) is 29.4 Å². The average Bonchev–Trinajstić information content (AvgIpc) is 3.30. The lowest BCUT2D eigenvalue weighted by Gasteiger charge is -2.33. The third-order valence-electron chi connectivity index (χ3n) is 5.90. The minimum atomic E-state index is -3.45. The van der Waals surface area contributed by atoms with Crippen LogP contribution in [0.15, 0.2) is 24.5 Å². The number of aliphatic hydroxyl groups excluding tert-OH is 1. The number of hydrogen-bond donors (Lipinski definition) is 2. The highest BCUT2D eigenvalue weighted by Gasteiger charge is 2.32. The number of anilines is 1. The van der Waals surface area contributed by atoms with Crippen LogP contribution in [-0.2, 0) is 32.6 Å². The molecule has 2 heterocycles. The van der Waals surface area contributed by atoms with Crippen molar-refractivity contribution in [2.24, 2.45) is 5.92 Å². The third kappa shape index (κ3) is 6.96. The maximum Gasteiger partial charge on any atom is 0.246 e. The first-order chi connectivity index (χ1) is 16.5. The number of carbonyl (C=O) groups is 2. The quantitative estimate of drug-likeness (QED) is 0.471. The number of aromatic nitrogens is 4. The van der Waals surface area contributed by atoms with Crippen molar-refractivity contribution in [2.45, 2.75) is 39.0 Å². The molecule has 3 atom stereocenters. The van der Waals surface area contributed by atoms with E-state index < -0.39 is 22.2 Å². The van der Waals surface area contributed by atoms with Gasteiger partial charge in [0, 0.05) is 30.8 Å². The van der Waals surface area contributed by atoms with E-state index in [0.29, 0.717) is 17.0 Å². The standard InChI is InChI=1S/C21H31N7O6S/c1-14-9-28(15(2)12-29)21(31)8-16-7-17(23-20(30)11-27-13-22-24-25-27)5-6-18(16)34-19(14)10-26(3)35(4,32)33/h5-7,13-15,19,29H,8-12H2,1-4H3,(H,23,30)/t14-,15+,19+/m0/s1. The summed E-state index contributed by atoms with van der Waals surface area (Å²) in [5.41, 5.74) is 0.989. The highest BCUT2D eigenvalue weighted by molar-refractivity contribution is 7.88. The van der Waals surface area contributed by atoms with Gasteiger partial charge in [0.1, 0.15) is 24.7 Å². The van der Waals surface area contributed by atoms with Crippen molar-refractivity contribution in [2.75, 3.05) is 38.3 Å². The smallest absolute Gasteiger partial charge is 0.246 e. The molecule has 1 aromatic heterocycles. The number of tetrazole rings is 1. The molecule has 0 unspecified atom stereocenters. The van der Waals surface area contributed by atoms with Gasteiger partial charge in [0.25, 0.3) is 0 Å². The van der Waals surface area contributed by atoms with E-state index in [1.54, 1.807) is 30.0 Å². The van der Waals surface area contributed by atoms with Gasteiger partial charge in [-0.25, -0.2) is 17.4 Å². The van der Waals surface area contributed by atoms with Crippen LogP contribution in [0.3, 0.4) is 0 Å². The van der Waals surface area contributed by atoms with Crippen LogP contribution in [0.25, 0.3) is 0 Å². The monoisotopic (exact) mass is 509 g/mol. The summed E-state index contributed by atoms with van der Waals surface area (Å²) in [4.78, 5) is 27.1. The Bertz CT molecular complexity index is 1140. The lowest BCUT2D eigenvalue weighted by molar-refractivity contribution is -0.134. The fourth-order valence-electron chi connectivity index (χ4n) is 3.71. The third-order valence-corrected chi connectivity index (χ3v) is 7.18. The topological polar surface area (TPSA) is 160 Å². The van der Waals surface area contributed by atoms with Gasteiger partial charge in [0.05, 0.1) is 31.9 Å². The Hall–Kier alpha value is -3.10. The van der Waals surface area contributed by atoms with E-state index in [1.807, 2.05) is 6.92 Å². The first-order valence-electron chi connectivity index (χ1n) is 11.1. The summed E-state index contributed by atoms with van der Waals surface area (Å²) in [5.74, 6) is -0.380. The molecular weight excluding hydrogens is 478 g/mol. The number of fused-ring (bicyclic) bond motifs is 1. The predicted molar refractivity (Wildman–Crippen MR) is 126 cm³/mol. The van der Waals surface area contributed by atoms with Crippen LogP contribution in [0.1, 0.15) is 19.4 Å². The second kappa shape index (κ2) is 11.1. The summed E-state index contributed by atoms with van der Waals surface area (Å²) in [5, 5.41) is 23.1. The molecule has 0 spiro atoms. The molecule has 0 fully saturated rings. The zero-order chi connectivity index (χ0) is 25.8. The van der Waals surface area contributed by atoms with Crippen molar-refractivity contribution in [3.63, 3.8) is 0 Å². The highest BCUT2D eigenvalue weighted by atomic mass is 32.2. The van der Waals surface area contributed by atoms with Crippen molar-refractivity contribution in [3.05, 3.63) is 30.1 Å². The molecule has 1 aliphatic rings. The van der Waals surface area contributed by atoms with Gasteiger partial charge >= 0.3 is 0 Å². The van der Waals surface area contributed by atoms with Crippen LogP contribution in [0.2, 0.25) is 0 Å². The van der Waals surface area contributed by atoms with Gasteiger partial charge in [-0.15, -0.1) is 5.10 Å². The summed E-state index contributed by atoms with van der Waals surface area (Å²) in [6, 6.07) is 4.52.